The summed E-state index contributed by atoms with van der Waals surface area (Å²) in [6.07, 6.45) is 0. The lowest BCUT2D eigenvalue weighted by Gasteiger charge is -2.27. The third-order valence-electron chi connectivity index (χ3n) is 11.3. The maximum absolute atomic E-state index is 6.49. The molecule has 0 aliphatic rings. The Labute approximate surface area is 326 Å². The molecule has 3 aromatic heterocycles. The Bertz CT molecular complexity index is 3480. The second kappa shape index (κ2) is 12.2. The summed E-state index contributed by atoms with van der Waals surface area (Å²) in [4.78, 5) is 2.46. The molecule has 262 valence electrons. The molecular formula is C52H32N2OS. The Hall–Kier alpha value is -7.14. The van der Waals surface area contributed by atoms with Crippen LogP contribution in [0.3, 0.4) is 0 Å². The Morgan fingerprint density at radius 1 is 0.429 bits per heavy atom. The van der Waals surface area contributed by atoms with E-state index in [2.05, 4.69) is 198 Å². The van der Waals surface area contributed by atoms with E-state index >= 15 is 0 Å². The first-order valence-corrected chi connectivity index (χ1v) is 19.8. The van der Waals surface area contributed by atoms with E-state index in [1.165, 1.54) is 52.8 Å². The van der Waals surface area contributed by atoms with Crippen LogP contribution in [0.15, 0.2) is 199 Å². The number of rotatable bonds is 5. The molecular weight excluding hydrogens is 701 g/mol. The molecule has 0 atom stereocenters. The number of nitrogens with zero attached hydrogens (tertiary/aromatic N) is 2. The first-order chi connectivity index (χ1) is 27.8. The molecule has 12 aromatic rings. The van der Waals surface area contributed by atoms with Gasteiger partial charge in [0, 0.05) is 70.2 Å². The van der Waals surface area contributed by atoms with E-state index in [1.807, 2.05) is 17.4 Å². The number of hydrogen-bond acceptors (Lipinski definition) is 3. The zero-order chi connectivity index (χ0) is 36.7. The molecule has 0 aliphatic carbocycles. The quantitative estimate of drug-likeness (QED) is 0.176. The van der Waals surface area contributed by atoms with Crippen molar-refractivity contribution in [1.29, 1.82) is 0 Å². The lowest BCUT2D eigenvalue weighted by molar-refractivity contribution is 0.668. The topological polar surface area (TPSA) is 21.3 Å². The van der Waals surface area contributed by atoms with Crippen molar-refractivity contribution in [3.8, 4) is 16.8 Å². The first-order valence-electron chi connectivity index (χ1n) is 19.0. The average Bonchev–Trinajstić information content (AvgIpc) is 3.93. The molecule has 0 unspecified atom stereocenters. The van der Waals surface area contributed by atoms with Crippen molar-refractivity contribution in [2.24, 2.45) is 0 Å². The molecule has 0 spiro atoms. The molecule has 3 nitrogen and oxygen atoms in total. The number of furan rings is 1. The van der Waals surface area contributed by atoms with Crippen molar-refractivity contribution in [2.75, 3.05) is 4.90 Å². The molecule has 0 amide bonds. The Kier molecular flexibility index (Phi) is 6.80. The zero-order valence-corrected chi connectivity index (χ0v) is 31.0. The predicted octanol–water partition coefficient (Wildman–Crippen LogP) is 15.3. The number of fused-ring (bicyclic) bond motifs is 11. The Morgan fingerprint density at radius 2 is 1.12 bits per heavy atom. The number of benzene rings is 9. The third kappa shape index (κ3) is 4.70. The van der Waals surface area contributed by atoms with E-state index in [1.54, 1.807) is 0 Å². The highest BCUT2D eigenvalue weighted by Gasteiger charge is 2.25. The van der Waals surface area contributed by atoms with Crippen molar-refractivity contribution in [3.05, 3.63) is 194 Å². The van der Waals surface area contributed by atoms with Gasteiger partial charge in [-0.3, -0.25) is 0 Å². The van der Waals surface area contributed by atoms with Crippen LogP contribution in [-0.4, -0.2) is 4.57 Å². The maximum atomic E-state index is 6.49. The summed E-state index contributed by atoms with van der Waals surface area (Å²) in [5, 5.41) is 9.60. The summed E-state index contributed by atoms with van der Waals surface area (Å²) < 4.78 is 11.5. The van der Waals surface area contributed by atoms with Gasteiger partial charge in [-0.2, -0.15) is 0 Å². The summed E-state index contributed by atoms with van der Waals surface area (Å²) in [7, 11) is 0. The van der Waals surface area contributed by atoms with Crippen LogP contribution in [0, 0.1) is 0 Å². The number of thiophene rings is 1. The minimum atomic E-state index is 0.877. The van der Waals surface area contributed by atoms with Crippen LogP contribution in [-0.2, 0) is 0 Å². The van der Waals surface area contributed by atoms with Gasteiger partial charge < -0.3 is 13.9 Å². The average molecular weight is 733 g/mol. The second-order valence-corrected chi connectivity index (χ2v) is 15.6. The van der Waals surface area contributed by atoms with Crippen LogP contribution in [0.1, 0.15) is 0 Å². The summed E-state index contributed by atoms with van der Waals surface area (Å²) in [5.74, 6) is 0. The molecule has 4 heteroatoms. The number of para-hydroxylation sites is 2. The first kappa shape index (κ1) is 31.2. The highest BCUT2D eigenvalue weighted by Crippen LogP contribution is 2.49. The van der Waals surface area contributed by atoms with Crippen LogP contribution in [0.5, 0.6) is 0 Å². The fourth-order valence-electron chi connectivity index (χ4n) is 8.83. The molecule has 3 heterocycles. The molecule has 0 saturated carbocycles. The van der Waals surface area contributed by atoms with Gasteiger partial charge in [0.1, 0.15) is 11.2 Å². The van der Waals surface area contributed by atoms with Gasteiger partial charge in [-0.15, -0.1) is 11.3 Å². The van der Waals surface area contributed by atoms with Crippen molar-refractivity contribution >= 4 is 103 Å². The van der Waals surface area contributed by atoms with E-state index in [0.717, 1.165) is 55.7 Å². The summed E-state index contributed by atoms with van der Waals surface area (Å²) in [5.41, 5.74) is 10.9. The van der Waals surface area contributed by atoms with Crippen LogP contribution < -0.4 is 4.90 Å². The van der Waals surface area contributed by atoms with E-state index in [9.17, 15) is 0 Å². The van der Waals surface area contributed by atoms with Gasteiger partial charge in [0.15, 0.2) is 0 Å². The Morgan fingerprint density at radius 3 is 2.00 bits per heavy atom. The maximum Gasteiger partial charge on any atom is 0.137 e. The van der Waals surface area contributed by atoms with Crippen molar-refractivity contribution in [2.45, 2.75) is 0 Å². The summed E-state index contributed by atoms with van der Waals surface area (Å²) in [6.45, 7) is 0. The molecule has 0 aliphatic heterocycles. The van der Waals surface area contributed by atoms with Crippen LogP contribution in [0.2, 0.25) is 0 Å². The molecule has 9 aromatic carbocycles. The van der Waals surface area contributed by atoms with E-state index in [-0.39, 0.29) is 0 Å². The number of aromatic nitrogens is 1. The molecule has 0 saturated heterocycles. The molecule has 0 N–H and O–H groups in total. The molecule has 56 heavy (non-hydrogen) atoms. The lowest BCUT2D eigenvalue weighted by atomic mass is 9.99. The summed E-state index contributed by atoms with van der Waals surface area (Å²) >= 11 is 1.86. The smallest absolute Gasteiger partial charge is 0.137 e. The third-order valence-corrected chi connectivity index (χ3v) is 12.5. The van der Waals surface area contributed by atoms with Gasteiger partial charge in [0.05, 0.1) is 16.7 Å². The van der Waals surface area contributed by atoms with E-state index < -0.39 is 0 Å². The minimum Gasteiger partial charge on any atom is -0.456 e. The van der Waals surface area contributed by atoms with Gasteiger partial charge in [-0.05, 0) is 83.2 Å². The number of hydrogen-bond donors (Lipinski definition) is 0. The standard InChI is InChI=1S/C52H32N2OS/c1-3-13-33(14-4-1)34-23-28-45-44(29-34)51-46(53(36-16-5-2-6-17-36)38-25-27-43-42-20-10-12-22-49(42)56-50(43)32-38)30-35-15-7-8-18-39(35)52(51)54(45)37-24-26-41-40-19-9-11-21-47(40)55-48(41)31-37/h1-32H. The SMILES string of the molecule is c1ccc(-c2ccc3c(c2)c2c(N(c4ccccc4)c4ccc5c(c4)sc4ccccc45)cc4ccccc4c2n3-c2ccc3c(c2)oc2ccccc23)cc1. The predicted molar refractivity (Wildman–Crippen MR) is 239 cm³/mol. The minimum absolute atomic E-state index is 0.877. The lowest BCUT2D eigenvalue weighted by Crippen LogP contribution is -2.10. The van der Waals surface area contributed by atoms with E-state index in [0.29, 0.717) is 0 Å². The highest BCUT2D eigenvalue weighted by atomic mass is 32.1. The highest BCUT2D eigenvalue weighted by molar-refractivity contribution is 7.25. The molecule has 12 rings (SSSR count). The van der Waals surface area contributed by atoms with Gasteiger partial charge in [-0.25, -0.2) is 0 Å². The zero-order valence-electron chi connectivity index (χ0n) is 30.2. The van der Waals surface area contributed by atoms with Gasteiger partial charge in [0.2, 0.25) is 0 Å². The Balaban J connectivity index is 1.22. The van der Waals surface area contributed by atoms with Gasteiger partial charge >= 0.3 is 0 Å². The van der Waals surface area contributed by atoms with Crippen LogP contribution in [0.4, 0.5) is 17.1 Å². The van der Waals surface area contributed by atoms with Crippen molar-refractivity contribution in [3.63, 3.8) is 0 Å². The summed E-state index contributed by atoms with van der Waals surface area (Å²) in [6, 6.07) is 70.4. The van der Waals surface area contributed by atoms with Crippen LogP contribution in [0.25, 0.3) is 91.5 Å². The molecule has 0 bridgehead atoms. The van der Waals surface area contributed by atoms with Gasteiger partial charge in [-0.1, -0.05) is 121 Å². The largest absolute Gasteiger partial charge is 0.456 e. The van der Waals surface area contributed by atoms with Crippen molar-refractivity contribution in [1.82, 2.24) is 4.57 Å². The van der Waals surface area contributed by atoms with Crippen LogP contribution >= 0.6 is 11.3 Å². The molecule has 0 radical (unpaired) electrons. The fraction of sp³-hybridized carbons (Fsp3) is 0. The number of anilines is 3. The normalized spacial score (nSPS) is 11.9. The fourth-order valence-corrected chi connectivity index (χ4v) is 9.97. The van der Waals surface area contributed by atoms with Gasteiger partial charge in [0.25, 0.3) is 0 Å². The van der Waals surface area contributed by atoms with E-state index in [4.69, 9.17) is 4.42 Å². The molecule has 0 fully saturated rings. The monoisotopic (exact) mass is 732 g/mol. The second-order valence-electron chi connectivity index (χ2n) is 14.5. The van der Waals surface area contributed by atoms with Crippen molar-refractivity contribution < 1.29 is 4.42 Å².